The van der Waals surface area contributed by atoms with Crippen molar-refractivity contribution >= 4 is 27.6 Å². The molecular formula is C40H25F6N3O. The van der Waals surface area contributed by atoms with Crippen molar-refractivity contribution in [3.63, 3.8) is 0 Å². The Balaban J connectivity index is 1.50. The van der Waals surface area contributed by atoms with Gasteiger partial charge in [-0.1, -0.05) is 90.0 Å². The number of carbonyl (C=O) groups excluding carboxylic acids is 1. The lowest BCUT2D eigenvalue weighted by Gasteiger charge is -2.19. The molecule has 7 rings (SSSR count). The number of pyridine rings is 3. The van der Waals surface area contributed by atoms with Crippen LogP contribution in [0.15, 0.2) is 116 Å². The topological polar surface area (TPSA) is 55.7 Å². The van der Waals surface area contributed by atoms with E-state index in [4.69, 9.17) is 0 Å². The van der Waals surface area contributed by atoms with Crippen LogP contribution in [0.2, 0.25) is 0 Å². The number of rotatable bonds is 5. The SMILES string of the molecule is Cc1ccc(-c2c(C(=O)c3ncccc3-c3cnc4c(C(F)(F)F)cccc4c3-c3ccc(C)cc3)cnc3c(C(F)(F)F)cccc23)cc1. The van der Waals surface area contributed by atoms with Crippen molar-refractivity contribution in [2.24, 2.45) is 0 Å². The number of aromatic nitrogens is 3. The van der Waals surface area contributed by atoms with E-state index in [0.717, 1.165) is 29.5 Å². The standard InChI is InChI=1S/C40H25F6N3O/c1-22-11-15-24(16-12-22)33-27-6-3-9-31(39(41,42)43)35(27)48-20-29(33)26-8-5-19-47-37(26)38(50)30-21-49-36-28(7-4-10-32(36)40(44,45)46)34(30)25-17-13-23(2)14-18-25/h3-21H,1-2H3. The number of halogens is 6. The summed E-state index contributed by atoms with van der Waals surface area (Å²) < 4.78 is 84.6. The Bertz CT molecular complexity index is 2430. The second-order valence-electron chi connectivity index (χ2n) is 12.0. The molecule has 0 aliphatic rings. The summed E-state index contributed by atoms with van der Waals surface area (Å²) in [7, 11) is 0. The summed E-state index contributed by atoms with van der Waals surface area (Å²) in [5, 5.41) is 0.343. The second-order valence-corrected chi connectivity index (χ2v) is 12.0. The maximum Gasteiger partial charge on any atom is 0.418 e. The monoisotopic (exact) mass is 677 g/mol. The van der Waals surface area contributed by atoms with Gasteiger partial charge in [0, 0.05) is 51.6 Å². The molecule has 4 aromatic carbocycles. The third-order valence-electron chi connectivity index (χ3n) is 8.64. The molecular weight excluding hydrogens is 652 g/mol. The number of hydrogen-bond acceptors (Lipinski definition) is 4. The third-order valence-corrected chi connectivity index (χ3v) is 8.64. The zero-order valence-electron chi connectivity index (χ0n) is 26.5. The Morgan fingerprint density at radius 3 is 1.58 bits per heavy atom. The maximum atomic E-state index is 14.7. The normalized spacial score (nSPS) is 12.1. The van der Waals surface area contributed by atoms with E-state index in [9.17, 15) is 31.1 Å². The minimum Gasteiger partial charge on any atom is -0.287 e. The summed E-state index contributed by atoms with van der Waals surface area (Å²) in [5.41, 5.74) is 1.73. The molecule has 0 atom stereocenters. The van der Waals surface area contributed by atoms with Crippen LogP contribution in [0.25, 0.3) is 55.2 Å². The van der Waals surface area contributed by atoms with Gasteiger partial charge in [-0.2, -0.15) is 26.3 Å². The van der Waals surface area contributed by atoms with Crippen molar-refractivity contribution < 1.29 is 31.1 Å². The van der Waals surface area contributed by atoms with Gasteiger partial charge in [-0.25, -0.2) is 0 Å². The fraction of sp³-hybridized carbons (Fsp3) is 0.100. The largest absolute Gasteiger partial charge is 0.418 e. The number of hydrogen-bond donors (Lipinski definition) is 0. The van der Waals surface area contributed by atoms with E-state index >= 15 is 0 Å². The van der Waals surface area contributed by atoms with Crippen molar-refractivity contribution in [2.75, 3.05) is 0 Å². The quantitative estimate of drug-likeness (QED) is 0.134. The van der Waals surface area contributed by atoms with Gasteiger partial charge >= 0.3 is 12.4 Å². The molecule has 0 radical (unpaired) electrons. The summed E-state index contributed by atoms with van der Waals surface area (Å²) in [6.07, 6.45) is -5.54. The number of alkyl halides is 6. The number of carbonyl (C=O) groups is 1. The van der Waals surface area contributed by atoms with Crippen molar-refractivity contribution in [1.29, 1.82) is 0 Å². The van der Waals surface area contributed by atoms with E-state index in [1.54, 1.807) is 54.6 Å². The Kier molecular flexibility index (Phi) is 7.97. The molecule has 50 heavy (non-hydrogen) atoms. The van der Waals surface area contributed by atoms with Gasteiger partial charge in [0.2, 0.25) is 5.78 Å². The van der Waals surface area contributed by atoms with Crippen LogP contribution < -0.4 is 0 Å². The first kappa shape index (κ1) is 32.6. The van der Waals surface area contributed by atoms with Crippen molar-refractivity contribution in [1.82, 2.24) is 15.0 Å². The maximum absolute atomic E-state index is 14.7. The minimum absolute atomic E-state index is 0.00520. The molecule has 0 saturated carbocycles. The van der Waals surface area contributed by atoms with E-state index in [2.05, 4.69) is 15.0 Å². The molecule has 0 saturated heterocycles. The number of para-hydroxylation sites is 2. The molecule has 0 fully saturated rings. The van der Waals surface area contributed by atoms with Gasteiger partial charge < -0.3 is 0 Å². The Morgan fingerprint density at radius 1 is 0.540 bits per heavy atom. The van der Waals surface area contributed by atoms with Crippen LogP contribution in [0.5, 0.6) is 0 Å². The molecule has 7 aromatic rings. The van der Waals surface area contributed by atoms with Crippen molar-refractivity contribution in [3.8, 4) is 33.4 Å². The lowest BCUT2D eigenvalue weighted by molar-refractivity contribution is -0.137. The highest BCUT2D eigenvalue weighted by atomic mass is 19.4. The summed E-state index contributed by atoms with van der Waals surface area (Å²) in [6, 6.07) is 25.0. The van der Waals surface area contributed by atoms with Crippen LogP contribution in [0.3, 0.4) is 0 Å². The lowest BCUT2D eigenvalue weighted by atomic mass is 9.87. The average molecular weight is 678 g/mol. The number of aryl methyl sites for hydroxylation is 2. The summed E-state index contributed by atoms with van der Waals surface area (Å²) in [4.78, 5) is 27.5. The van der Waals surface area contributed by atoms with E-state index in [1.807, 2.05) is 26.0 Å². The van der Waals surface area contributed by atoms with Crippen LogP contribution in [0, 0.1) is 13.8 Å². The molecule has 0 amide bonds. The molecule has 0 unspecified atom stereocenters. The van der Waals surface area contributed by atoms with Crippen molar-refractivity contribution in [3.05, 3.63) is 149 Å². The van der Waals surface area contributed by atoms with Gasteiger partial charge in [-0.05, 0) is 43.2 Å². The molecule has 0 spiro atoms. The third kappa shape index (κ3) is 5.76. The molecule has 0 bridgehead atoms. The predicted octanol–water partition coefficient (Wildman–Crippen LogP) is 11.1. The fourth-order valence-corrected chi connectivity index (χ4v) is 6.27. The predicted molar refractivity (Wildman–Crippen MR) is 180 cm³/mol. The average Bonchev–Trinajstić information content (AvgIpc) is 3.10. The van der Waals surface area contributed by atoms with Crippen LogP contribution in [0.1, 0.15) is 38.3 Å². The zero-order valence-corrected chi connectivity index (χ0v) is 26.5. The first-order valence-corrected chi connectivity index (χ1v) is 15.4. The van der Waals surface area contributed by atoms with Gasteiger partial charge in [0.05, 0.1) is 27.7 Å². The van der Waals surface area contributed by atoms with Gasteiger partial charge in [-0.15, -0.1) is 0 Å². The summed E-state index contributed by atoms with van der Waals surface area (Å²) in [6.45, 7) is 3.75. The number of ketones is 1. The first-order valence-electron chi connectivity index (χ1n) is 15.4. The molecule has 248 valence electrons. The van der Waals surface area contributed by atoms with E-state index in [-0.39, 0.29) is 44.2 Å². The fourth-order valence-electron chi connectivity index (χ4n) is 6.27. The van der Waals surface area contributed by atoms with Crippen molar-refractivity contribution in [2.45, 2.75) is 26.2 Å². The first-order chi connectivity index (χ1) is 23.8. The van der Waals surface area contributed by atoms with Crippen LogP contribution in [-0.2, 0) is 12.4 Å². The van der Waals surface area contributed by atoms with Crippen LogP contribution in [-0.4, -0.2) is 20.7 Å². The van der Waals surface area contributed by atoms with Gasteiger partial charge in [0.1, 0.15) is 5.69 Å². The van der Waals surface area contributed by atoms with Gasteiger partial charge in [-0.3, -0.25) is 19.7 Å². The van der Waals surface area contributed by atoms with E-state index in [0.29, 0.717) is 22.3 Å². The highest BCUT2D eigenvalue weighted by Gasteiger charge is 2.35. The zero-order chi connectivity index (χ0) is 35.4. The summed E-state index contributed by atoms with van der Waals surface area (Å²) >= 11 is 0. The Morgan fingerprint density at radius 2 is 1.04 bits per heavy atom. The summed E-state index contributed by atoms with van der Waals surface area (Å²) in [5.74, 6) is -0.637. The smallest absolute Gasteiger partial charge is 0.287 e. The molecule has 0 aliphatic carbocycles. The number of fused-ring (bicyclic) bond motifs is 2. The lowest BCUT2D eigenvalue weighted by Crippen LogP contribution is -2.11. The highest BCUT2D eigenvalue weighted by molar-refractivity contribution is 6.19. The number of benzene rings is 4. The minimum atomic E-state index is -4.70. The molecule has 10 heteroatoms. The molecule has 3 heterocycles. The number of nitrogens with zero attached hydrogens (tertiary/aromatic N) is 3. The van der Waals surface area contributed by atoms with Gasteiger partial charge in [0.25, 0.3) is 0 Å². The second kappa shape index (κ2) is 12.2. The van der Waals surface area contributed by atoms with E-state index in [1.165, 1.54) is 30.6 Å². The van der Waals surface area contributed by atoms with Crippen LogP contribution in [0.4, 0.5) is 26.3 Å². The van der Waals surface area contributed by atoms with Gasteiger partial charge in [0.15, 0.2) is 0 Å². The molecule has 0 N–H and O–H groups in total. The highest BCUT2D eigenvalue weighted by Crippen LogP contribution is 2.43. The van der Waals surface area contributed by atoms with Crippen LogP contribution >= 0.6 is 0 Å². The molecule has 0 aliphatic heterocycles. The Hall–Kier alpha value is -5.90. The molecule has 4 nitrogen and oxygen atoms in total. The van der Waals surface area contributed by atoms with E-state index < -0.39 is 29.3 Å². The Labute approximate surface area is 282 Å². The molecule has 3 aromatic heterocycles.